The van der Waals surface area contributed by atoms with Crippen molar-refractivity contribution < 1.29 is 33.2 Å². The van der Waals surface area contributed by atoms with E-state index in [1.165, 1.54) is 0 Å². The maximum atomic E-state index is 6.89. The highest BCUT2D eigenvalue weighted by atomic mass is 16.8. The summed E-state index contributed by atoms with van der Waals surface area (Å²) in [5.74, 6) is 2.93. The van der Waals surface area contributed by atoms with Gasteiger partial charge in [-0.05, 0) is 51.4 Å². The Morgan fingerprint density at radius 3 is 1.02 bits per heavy atom. The summed E-state index contributed by atoms with van der Waals surface area (Å²) >= 11 is 0. The zero-order valence-corrected chi connectivity index (χ0v) is 31.0. The summed E-state index contributed by atoms with van der Waals surface area (Å²) in [6.45, 7) is 20.8. The lowest BCUT2D eigenvalue weighted by atomic mass is 10.1. The molecular weight excluding hydrogens is 568 g/mol. The average Bonchev–Trinajstić information content (AvgIpc) is 3.05. The van der Waals surface area contributed by atoms with Gasteiger partial charge < -0.3 is 33.2 Å². The van der Waals surface area contributed by atoms with E-state index < -0.39 is 12.6 Å². The molecule has 7 heteroatoms. The first-order valence-corrected chi connectivity index (χ1v) is 18.9. The van der Waals surface area contributed by atoms with E-state index in [-0.39, 0.29) is 0 Å². The Labute approximate surface area is 279 Å². The normalized spacial score (nSPS) is 14.0. The summed E-state index contributed by atoms with van der Waals surface area (Å²) in [4.78, 5) is 0. The van der Waals surface area contributed by atoms with Gasteiger partial charge in [0.15, 0.2) is 11.5 Å². The first kappa shape index (κ1) is 43.6. The van der Waals surface area contributed by atoms with Crippen LogP contribution in [0.4, 0.5) is 0 Å². The van der Waals surface area contributed by atoms with Crippen LogP contribution in [0.5, 0.6) is 0 Å². The second-order valence-corrected chi connectivity index (χ2v) is 11.8. The fraction of sp³-hybridized carbons (Fsp3) is 0.895. The lowest BCUT2D eigenvalue weighted by molar-refractivity contribution is -0.243. The van der Waals surface area contributed by atoms with Crippen molar-refractivity contribution in [2.24, 2.45) is 0 Å². The SMILES string of the molecule is CCCCCOC(OC(OCCCCC)C(OCCC)=C(CCCCC)OCCC)C(OCCC)=C(CCCCC)OCCC. The molecule has 0 aromatic rings. The molecule has 0 aliphatic heterocycles. The van der Waals surface area contributed by atoms with Crippen LogP contribution in [0.1, 0.15) is 171 Å². The van der Waals surface area contributed by atoms with E-state index in [0.29, 0.717) is 51.2 Å². The first-order chi connectivity index (χ1) is 22.1. The van der Waals surface area contributed by atoms with E-state index >= 15 is 0 Å². The molecule has 0 saturated heterocycles. The van der Waals surface area contributed by atoms with Crippen molar-refractivity contribution in [3.05, 3.63) is 23.0 Å². The number of allylic oxidation sites excluding steroid dienone is 2. The Morgan fingerprint density at radius 1 is 0.356 bits per heavy atom. The molecule has 0 bridgehead atoms. The molecule has 0 rings (SSSR count). The number of unbranched alkanes of at least 4 members (excludes halogenated alkanes) is 8. The monoisotopic (exact) mass is 643 g/mol. The van der Waals surface area contributed by atoms with Crippen molar-refractivity contribution in [1.29, 1.82) is 0 Å². The van der Waals surface area contributed by atoms with Gasteiger partial charge in [0.25, 0.3) is 0 Å². The van der Waals surface area contributed by atoms with Crippen molar-refractivity contribution in [1.82, 2.24) is 0 Å². The maximum Gasteiger partial charge on any atom is 0.223 e. The number of rotatable bonds is 34. The Morgan fingerprint density at radius 2 is 0.689 bits per heavy atom. The minimum atomic E-state index is -0.790. The van der Waals surface area contributed by atoms with Gasteiger partial charge in [0.1, 0.15) is 11.5 Å². The van der Waals surface area contributed by atoms with Crippen molar-refractivity contribution in [3.8, 4) is 0 Å². The molecule has 45 heavy (non-hydrogen) atoms. The third-order valence-corrected chi connectivity index (χ3v) is 7.16. The van der Waals surface area contributed by atoms with Crippen LogP contribution in [0, 0.1) is 0 Å². The summed E-state index contributed by atoms with van der Waals surface area (Å²) in [5.41, 5.74) is 0. The molecule has 0 amide bonds. The molecule has 0 heterocycles. The Hall–Kier alpha value is -1.44. The molecule has 0 aromatic heterocycles. The molecule has 0 radical (unpaired) electrons. The van der Waals surface area contributed by atoms with E-state index in [9.17, 15) is 0 Å². The fourth-order valence-electron chi connectivity index (χ4n) is 4.59. The molecule has 0 spiro atoms. The van der Waals surface area contributed by atoms with Crippen LogP contribution in [-0.4, -0.2) is 52.2 Å². The van der Waals surface area contributed by atoms with Gasteiger partial charge in [-0.15, -0.1) is 0 Å². The van der Waals surface area contributed by atoms with Gasteiger partial charge in [0.2, 0.25) is 12.6 Å². The Bertz CT molecular complexity index is 648. The van der Waals surface area contributed by atoms with Crippen LogP contribution in [0.25, 0.3) is 0 Å². The van der Waals surface area contributed by atoms with Crippen molar-refractivity contribution in [2.75, 3.05) is 39.6 Å². The number of ether oxygens (including phenoxy) is 7. The molecule has 0 aromatic carbocycles. The Kier molecular flexibility index (Phi) is 31.5. The Balaban J connectivity index is 6.97. The molecule has 0 saturated carbocycles. The zero-order chi connectivity index (χ0) is 33.4. The molecule has 0 aliphatic rings. The van der Waals surface area contributed by atoms with Gasteiger partial charge >= 0.3 is 0 Å². The third kappa shape index (κ3) is 21.9. The molecule has 0 N–H and O–H groups in total. The minimum Gasteiger partial charge on any atom is -0.494 e. The smallest absolute Gasteiger partial charge is 0.223 e. The second kappa shape index (κ2) is 32.5. The highest BCUT2D eigenvalue weighted by Gasteiger charge is 2.32. The first-order valence-electron chi connectivity index (χ1n) is 18.9. The summed E-state index contributed by atoms with van der Waals surface area (Å²) in [5, 5.41) is 0. The van der Waals surface area contributed by atoms with Gasteiger partial charge in [-0.25, -0.2) is 0 Å². The lowest BCUT2D eigenvalue weighted by Crippen LogP contribution is -2.34. The molecule has 0 aliphatic carbocycles. The summed E-state index contributed by atoms with van der Waals surface area (Å²) in [6.07, 6.45) is 16.4. The summed E-state index contributed by atoms with van der Waals surface area (Å²) < 4.78 is 45.7. The lowest BCUT2D eigenvalue weighted by Gasteiger charge is -2.30. The van der Waals surface area contributed by atoms with Gasteiger partial charge in [-0.3, -0.25) is 0 Å². The predicted molar refractivity (Wildman–Crippen MR) is 187 cm³/mol. The standard InChI is InChI=1S/C38H74O7/c1-9-17-21-25-33(39-27-13-5)35(41-29-15-7)37(43-31-23-19-11-3)45-38(44-32-24-20-12-4)36(42-30-16-8)34(40-28-14-6)26-22-18-10-2/h37-38H,9-32H2,1-8H3. The van der Waals surface area contributed by atoms with Crippen LogP contribution < -0.4 is 0 Å². The zero-order valence-electron chi connectivity index (χ0n) is 31.0. The van der Waals surface area contributed by atoms with Crippen LogP contribution in [0.15, 0.2) is 23.0 Å². The van der Waals surface area contributed by atoms with Gasteiger partial charge in [0, 0.05) is 12.8 Å². The predicted octanol–water partition coefficient (Wildman–Crippen LogP) is 11.4. The van der Waals surface area contributed by atoms with Gasteiger partial charge in [0.05, 0.1) is 39.6 Å². The number of hydrogen-bond donors (Lipinski definition) is 0. The van der Waals surface area contributed by atoms with Crippen molar-refractivity contribution in [2.45, 2.75) is 184 Å². The third-order valence-electron chi connectivity index (χ3n) is 7.16. The molecule has 268 valence electrons. The van der Waals surface area contributed by atoms with Crippen LogP contribution in [0.2, 0.25) is 0 Å². The minimum absolute atomic E-state index is 0.555. The van der Waals surface area contributed by atoms with Gasteiger partial charge in [-0.2, -0.15) is 0 Å². The van der Waals surface area contributed by atoms with Crippen molar-refractivity contribution in [3.63, 3.8) is 0 Å². The highest BCUT2D eigenvalue weighted by Crippen LogP contribution is 2.29. The maximum absolute atomic E-state index is 6.89. The average molecular weight is 643 g/mol. The highest BCUT2D eigenvalue weighted by molar-refractivity contribution is 5.09. The molecule has 2 unspecified atom stereocenters. The topological polar surface area (TPSA) is 64.6 Å². The fourth-order valence-corrected chi connectivity index (χ4v) is 4.59. The molecule has 7 nitrogen and oxygen atoms in total. The largest absolute Gasteiger partial charge is 0.494 e. The van der Waals surface area contributed by atoms with Crippen LogP contribution in [-0.2, 0) is 33.2 Å². The van der Waals surface area contributed by atoms with Crippen LogP contribution in [0.3, 0.4) is 0 Å². The number of hydrogen-bond acceptors (Lipinski definition) is 7. The quantitative estimate of drug-likeness (QED) is 0.0393. The van der Waals surface area contributed by atoms with E-state index in [1.54, 1.807) is 0 Å². The van der Waals surface area contributed by atoms with Gasteiger partial charge in [-0.1, -0.05) is 107 Å². The molecular formula is C38H74O7. The van der Waals surface area contributed by atoms with Crippen LogP contribution >= 0.6 is 0 Å². The second-order valence-electron chi connectivity index (χ2n) is 11.8. The summed E-state index contributed by atoms with van der Waals surface area (Å²) in [7, 11) is 0. The van der Waals surface area contributed by atoms with E-state index in [4.69, 9.17) is 33.2 Å². The van der Waals surface area contributed by atoms with Crippen molar-refractivity contribution >= 4 is 0 Å². The summed E-state index contributed by atoms with van der Waals surface area (Å²) in [6, 6.07) is 0. The van der Waals surface area contributed by atoms with E-state index in [2.05, 4.69) is 55.4 Å². The molecule has 2 atom stereocenters. The molecule has 0 fully saturated rings. The van der Waals surface area contributed by atoms with E-state index in [0.717, 1.165) is 127 Å². The van der Waals surface area contributed by atoms with E-state index in [1.807, 2.05) is 0 Å².